The van der Waals surface area contributed by atoms with Gasteiger partial charge in [0.1, 0.15) is 0 Å². The van der Waals surface area contributed by atoms with Crippen molar-refractivity contribution in [3.63, 3.8) is 0 Å². The molecular formula is C29H47NO3. The molecule has 0 fully saturated rings. The summed E-state index contributed by atoms with van der Waals surface area (Å²) in [4.78, 5) is 12.0. The molecule has 0 saturated heterocycles. The highest BCUT2D eigenvalue weighted by Gasteiger charge is 2.03. The van der Waals surface area contributed by atoms with Crippen LogP contribution < -0.4 is 10.1 Å². The average Bonchev–Trinajstić information content (AvgIpc) is 2.81. The lowest BCUT2D eigenvalue weighted by Crippen LogP contribution is -2.20. The number of unbranched alkanes of at least 4 members (excludes halogenated alkanes) is 11. The number of aromatic hydroxyl groups is 1. The fraction of sp³-hybridized carbons (Fsp3) is 0.621. The minimum atomic E-state index is -0.101. The zero-order valence-corrected chi connectivity index (χ0v) is 21.2. The first-order valence-corrected chi connectivity index (χ1v) is 13.0. The van der Waals surface area contributed by atoms with Gasteiger partial charge in [-0.1, -0.05) is 89.0 Å². The summed E-state index contributed by atoms with van der Waals surface area (Å²) < 4.78 is 5.08. The van der Waals surface area contributed by atoms with Crippen molar-refractivity contribution in [3.8, 4) is 11.5 Å². The Balaban J connectivity index is 1.97. The van der Waals surface area contributed by atoms with E-state index in [1.807, 2.05) is 6.08 Å². The van der Waals surface area contributed by atoms with Crippen molar-refractivity contribution >= 4 is 5.91 Å². The molecule has 0 bridgehead atoms. The number of nitrogens with one attached hydrogen (secondary N) is 1. The molecule has 0 saturated carbocycles. The molecule has 0 aliphatic rings. The van der Waals surface area contributed by atoms with Crippen molar-refractivity contribution in [2.45, 2.75) is 110 Å². The van der Waals surface area contributed by atoms with Gasteiger partial charge in [0.15, 0.2) is 11.5 Å². The number of ether oxygens (including phenoxy) is 1. The number of hydrogen-bond donors (Lipinski definition) is 2. The lowest BCUT2D eigenvalue weighted by molar-refractivity contribution is -0.116. The molecule has 1 rings (SSSR count). The number of amides is 1. The topological polar surface area (TPSA) is 58.6 Å². The number of carbonyl (C=O) groups is 1. The zero-order valence-electron chi connectivity index (χ0n) is 21.2. The van der Waals surface area contributed by atoms with E-state index in [1.165, 1.54) is 89.7 Å². The summed E-state index contributed by atoms with van der Waals surface area (Å²) in [5.41, 5.74) is 2.28. The molecule has 0 aromatic heterocycles. The Kier molecular flexibility index (Phi) is 16.8. The summed E-state index contributed by atoms with van der Waals surface area (Å²) in [6.45, 7) is 6.93. The minimum Gasteiger partial charge on any atom is -0.504 e. The second-order valence-electron chi connectivity index (χ2n) is 9.05. The van der Waals surface area contributed by atoms with E-state index >= 15 is 0 Å². The third-order valence-corrected chi connectivity index (χ3v) is 6.02. The summed E-state index contributed by atoms with van der Waals surface area (Å²) in [7, 11) is 1.51. The van der Waals surface area contributed by atoms with Gasteiger partial charge < -0.3 is 15.2 Å². The summed E-state index contributed by atoms with van der Waals surface area (Å²) >= 11 is 0. The molecule has 0 radical (unpaired) electrons. The Hall–Kier alpha value is -2.23. The van der Waals surface area contributed by atoms with E-state index < -0.39 is 0 Å². The Labute approximate surface area is 202 Å². The van der Waals surface area contributed by atoms with Crippen LogP contribution in [0.5, 0.6) is 11.5 Å². The van der Waals surface area contributed by atoms with E-state index in [0.717, 1.165) is 24.8 Å². The maximum absolute atomic E-state index is 12.0. The van der Waals surface area contributed by atoms with Gasteiger partial charge in [0.05, 0.1) is 7.11 Å². The molecule has 1 amide bonds. The van der Waals surface area contributed by atoms with Crippen molar-refractivity contribution in [3.05, 3.63) is 48.1 Å². The van der Waals surface area contributed by atoms with Gasteiger partial charge in [-0.2, -0.15) is 0 Å². The first kappa shape index (κ1) is 28.8. The molecule has 1 aromatic carbocycles. The normalized spacial score (nSPS) is 11.1. The predicted molar refractivity (Wildman–Crippen MR) is 140 cm³/mol. The van der Waals surface area contributed by atoms with Gasteiger partial charge in [0.2, 0.25) is 5.91 Å². The van der Waals surface area contributed by atoms with Gasteiger partial charge in [0, 0.05) is 6.54 Å². The van der Waals surface area contributed by atoms with Crippen molar-refractivity contribution in [1.82, 2.24) is 5.32 Å². The van der Waals surface area contributed by atoms with Crippen LogP contribution in [0.2, 0.25) is 0 Å². The Morgan fingerprint density at radius 3 is 2.21 bits per heavy atom. The number of benzene rings is 1. The molecule has 2 N–H and O–H groups in total. The Morgan fingerprint density at radius 1 is 0.970 bits per heavy atom. The SMILES string of the molecule is C=C(CCCCCC=CC(=O)NCc1ccc(O)c(OC)c1)CCCCCCCCCCC. The number of allylic oxidation sites excluding steroid dienone is 2. The number of hydrogen-bond acceptors (Lipinski definition) is 3. The van der Waals surface area contributed by atoms with Gasteiger partial charge in [-0.25, -0.2) is 0 Å². The van der Waals surface area contributed by atoms with Crippen LogP contribution in [0.1, 0.15) is 109 Å². The largest absolute Gasteiger partial charge is 0.504 e. The molecule has 1 aromatic rings. The predicted octanol–water partition coefficient (Wildman–Crippen LogP) is 8.00. The molecule has 0 atom stereocenters. The quantitative estimate of drug-likeness (QED) is 0.118. The molecular weight excluding hydrogens is 410 g/mol. The summed E-state index contributed by atoms with van der Waals surface area (Å²) in [6.07, 6.45) is 22.6. The van der Waals surface area contributed by atoms with E-state index in [9.17, 15) is 9.90 Å². The van der Waals surface area contributed by atoms with Crippen LogP contribution in [-0.2, 0) is 11.3 Å². The fourth-order valence-corrected chi connectivity index (χ4v) is 3.90. The Bertz CT molecular complexity index is 696. The number of methoxy groups -OCH3 is 1. The van der Waals surface area contributed by atoms with Gasteiger partial charge in [-0.3, -0.25) is 4.79 Å². The van der Waals surface area contributed by atoms with Crippen molar-refractivity contribution < 1.29 is 14.6 Å². The molecule has 186 valence electrons. The number of carbonyl (C=O) groups excluding carboxylic acids is 1. The van der Waals surface area contributed by atoms with E-state index in [2.05, 4.69) is 18.8 Å². The maximum atomic E-state index is 12.0. The lowest BCUT2D eigenvalue weighted by Gasteiger charge is -2.07. The fourth-order valence-electron chi connectivity index (χ4n) is 3.90. The van der Waals surface area contributed by atoms with E-state index in [1.54, 1.807) is 24.3 Å². The lowest BCUT2D eigenvalue weighted by atomic mass is 10.0. The average molecular weight is 458 g/mol. The highest BCUT2D eigenvalue weighted by Crippen LogP contribution is 2.26. The van der Waals surface area contributed by atoms with Gasteiger partial charge >= 0.3 is 0 Å². The molecule has 4 nitrogen and oxygen atoms in total. The second kappa shape index (κ2) is 19.3. The molecule has 0 heterocycles. The van der Waals surface area contributed by atoms with Crippen molar-refractivity contribution in [2.24, 2.45) is 0 Å². The molecule has 0 aliphatic heterocycles. The monoisotopic (exact) mass is 457 g/mol. The van der Waals surface area contributed by atoms with E-state index in [4.69, 9.17) is 4.74 Å². The van der Waals surface area contributed by atoms with Gasteiger partial charge in [-0.05, 0) is 62.3 Å². The third kappa shape index (κ3) is 15.3. The number of phenols is 1. The molecule has 4 heteroatoms. The van der Waals surface area contributed by atoms with Gasteiger partial charge in [0.25, 0.3) is 0 Å². The number of phenolic OH excluding ortho intramolecular Hbond substituents is 1. The van der Waals surface area contributed by atoms with E-state index in [-0.39, 0.29) is 11.7 Å². The highest BCUT2D eigenvalue weighted by atomic mass is 16.5. The van der Waals surface area contributed by atoms with Crippen LogP contribution in [0.15, 0.2) is 42.5 Å². The minimum absolute atomic E-state index is 0.0968. The Morgan fingerprint density at radius 2 is 1.58 bits per heavy atom. The first-order chi connectivity index (χ1) is 16.1. The summed E-state index contributed by atoms with van der Waals surface area (Å²) in [6, 6.07) is 5.06. The third-order valence-electron chi connectivity index (χ3n) is 6.02. The van der Waals surface area contributed by atoms with Crippen LogP contribution in [-0.4, -0.2) is 18.1 Å². The molecule has 0 aliphatic carbocycles. The highest BCUT2D eigenvalue weighted by molar-refractivity contribution is 5.87. The van der Waals surface area contributed by atoms with Crippen LogP contribution in [0.3, 0.4) is 0 Å². The van der Waals surface area contributed by atoms with Crippen LogP contribution >= 0.6 is 0 Å². The molecule has 0 unspecified atom stereocenters. The molecule has 0 spiro atoms. The van der Waals surface area contributed by atoms with Crippen molar-refractivity contribution in [2.75, 3.05) is 7.11 Å². The van der Waals surface area contributed by atoms with E-state index in [0.29, 0.717) is 12.3 Å². The smallest absolute Gasteiger partial charge is 0.243 e. The second-order valence-corrected chi connectivity index (χ2v) is 9.05. The summed E-state index contributed by atoms with van der Waals surface area (Å²) in [5, 5.41) is 12.5. The standard InChI is InChI=1S/C29H47NO3/c1-4-5-6-7-8-9-10-12-15-18-25(2)19-16-13-11-14-17-20-29(32)30-24-26-21-22-27(31)28(23-26)33-3/h17,20-23,31H,2,4-16,18-19,24H2,1,3H3,(H,30,32). The van der Waals surface area contributed by atoms with Gasteiger partial charge in [-0.15, -0.1) is 0 Å². The van der Waals surface area contributed by atoms with Crippen LogP contribution in [0.4, 0.5) is 0 Å². The van der Waals surface area contributed by atoms with Crippen molar-refractivity contribution in [1.29, 1.82) is 0 Å². The van der Waals surface area contributed by atoms with Crippen LogP contribution in [0.25, 0.3) is 0 Å². The molecule has 33 heavy (non-hydrogen) atoms. The zero-order chi connectivity index (χ0) is 24.2. The maximum Gasteiger partial charge on any atom is 0.243 e. The summed E-state index contributed by atoms with van der Waals surface area (Å²) in [5.74, 6) is 0.407. The van der Waals surface area contributed by atoms with Crippen LogP contribution in [0, 0.1) is 0 Å². The number of rotatable bonds is 20. The first-order valence-electron chi connectivity index (χ1n) is 13.0.